The third-order valence-corrected chi connectivity index (χ3v) is 3.26. The molecule has 1 aromatic carbocycles. The lowest BCUT2D eigenvalue weighted by Gasteiger charge is -2.11. The van der Waals surface area contributed by atoms with Gasteiger partial charge in [-0.15, -0.1) is 11.8 Å². The van der Waals surface area contributed by atoms with Gasteiger partial charge in [0.15, 0.2) is 0 Å². The minimum Gasteiger partial charge on any atom is -0.496 e. The average molecular weight is 254 g/mol. The number of anilines is 1. The van der Waals surface area contributed by atoms with E-state index in [2.05, 4.69) is 0 Å². The highest BCUT2D eigenvalue weighted by Gasteiger charge is 2.07. The number of benzene rings is 1. The zero-order chi connectivity index (χ0) is 12.8. The van der Waals surface area contributed by atoms with Gasteiger partial charge in [-0.25, -0.2) is 0 Å². The number of amides is 1. The number of rotatable bonds is 5. The SMILES string of the molecule is COc1cc(N)ccc1CSCC(=O)N(C)C. The number of nitrogen functional groups attached to an aromatic ring is 1. The Balaban J connectivity index is 2.54. The number of methoxy groups -OCH3 is 1. The second-order valence-electron chi connectivity index (χ2n) is 3.85. The molecule has 0 spiro atoms. The summed E-state index contributed by atoms with van der Waals surface area (Å²) in [6.07, 6.45) is 0. The lowest BCUT2D eigenvalue weighted by Crippen LogP contribution is -2.23. The van der Waals surface area contributed by atoms with E-state index in [1.165, 1.54) is 0 Å². The molecule has 0 aliphatic heterocycles. The van der Waals surface area contributed by atoms with Crippen molar-refractivity contribution in [2.75, 3.05) is 32.7 Å². The summed E-state index contributed by atoms with van der Waals surface area (Å²) in [4.78, 5) is 13.0. The van der Waals surface area contributed by atoms with Gasteiger partial charge >= 0.3 is 0 Å². The molecule has 0 heterocycles. The molecule has 0 aliphatic carbocycles. The summed E-state index contributed by atoms with van der Waals surface area (Å²) in [5.74, 6) is 2.10. The summed E-state index contributed by atoms with van der Waals surface area (Å²) >= 11 is 1.57. The Kier molecular flexibility index (Phi) is 5.15. The zero-order valence-electron chi connectivity index (χ0n) is 10.4. The third-order valence-electron chi connectivity index (χ3n) is 2.29. The Morgan fingerprint density at radius 2 is 2.18 bits per heavy atom. The fourth-order valence-electron chi connectivity index (χ4n) is 1.26. The Morgan fingerprint density at radius 1 is 1.47 bits per heavy atom. The van der Waals surface area contributed by atoms with Gasteiger partial charge in [-0.05, 0) is 6.07 Å². The predicted octanol–water partition coefficient (Wildman–Crippen LogP) is 1.60. The molecule has 2 N–H and O–H groups in total. The first-order valence-electron chi connectivity index (χ1n) is 5.25. The average Bonchev–Trinajstić information content (AvgIpc) is 2.30. The molecule has 0 aromatic heterocycles. The lowest BCUT2D eigenvalue weighted by atomic mass is 10.2. The van der Waals surface area contributed by atoms with Gasteiger partial charge in [-0.3, -0.25) is 4.79 Å². The van der Waals surface area contributed by atoms with E-state index in [1.54, 1.807) is 43.9 Å². The first-order chi connectivity index (χ1) is 8.04. The van der Waals surface area contributed by atoms with Crippen LogP contribution in [-0.4, -0.2) is 37.8 Å². The molecule has 0 saturated heterocycles. The fraction of sp³-hybridized carbons (Fsp3) is 0.417. The van der Waals surface area contributed by atoms with Gasteiger partial charge in [0.2, 0.25) is 5.91 Å². The van der Waals surface area contributed by atoms with Crippen LogP contribution < -0.4 is 10.5 Å². The summed E-state index contributed by atoms with van der Waals surface area (Å²) < 4.78 is 5.24. The molecular formula is C12H18N2O2S. The van der Waals surface area contributed by atoms with E-state index in [4.69, 9.17) is 10.5 Å². The topological polar surface area (TPSA) is 55.6 Å². The van der Waals surface area contributed by atoms with E-state index in [-0.39, 0.29) is 5.91 Å². The largest absolute Gasteiger partial charge is 0.496 e. The number of carbonyl (C=O) groups is 1. The second-order valence-corrected chi connectivity index (χ2v) is 4.84. The van der Waals surface area contributed by atoms with Crippen molar-refractivity contribution in [2.24, 2.45) is 0 Å². The molecule has 17 heavy (non-hydrogen) atoms. The highest BCUT2D eigenvalue weighted by molar-refractivity contribution is 7.99. The third kappa shape index (κ3) is 4.19. The standard InChI is InChI=1S/C12H18N2O2S/c1-14(2)12(15)8-17-7-9-4-5-10(13)6-11(9)16-3/h4-6H,7-8,13H2,1-3H3. The normalized spacial score (nSPS) is 10.1. The maximum atomic E-state index is 11.4. The van der Waals surface area contributed by atoms with Crippen LogP contribution in [0, 0.1) is 0 Å². The molecule has 5 heteroatoms. The number of nitrogens with zero attached hydrogens (tertiary/aromatic N) is 1. The summed E-state index contributed by atoms with van der Waals surface area (Å²) in [5, 5.41) is 0. The van der Waals surface area contributed by atoms with E-state index in [0.717, 1.165) is 17.1 Å². The lowest BCUT2D eigenvalue weighted by molar-refractivity contribution is -0.125. The van der Waals surface area contributed by atoms with Crippen LogP contribution in [-0.2, 0) is 10.5 Å². The number of nitrogens with two attached hydrogens (primary N) is 1. The van der Waals surface area contributed by atoms with Crippen LogP contribution in [0.4, 0.5) is 5.69 Å². The van der Waals surface area contributed by atoms with Crippen LogP contribution in [0.25, 0.3) is 0 Å². The Morgan fingerprint density at radius 3 is 2.76 bits per heavy atom. The summed E-state index contributed by atoms with van der Waals surface area (Å²) in [6, 6.07) is 5.57. The maximum absolute atomic E-state index is 11.4. The maximum Gasteiger partial charge on any atom is 0.232 e. The van der Waals surface area contributed by atoms with Gasteiger partial charge in [0, 0.05) is 37.2 Å². The van der Waals surface area contributed by atoms with Gasteiger partial charge in [-0.1, -0.05) is 6.07 Å². The Labute approximate surface area is 106 Å². The van der Waals surface area contributed by atoms with E-state index in [9.17, 15) is 4.79 Å². The molecule has 1 rings (SSSR count). The highest BCUT2D eigenvalue weighted by Crippen LogP contribution is 2.25. The van der Waals surface area contributed by atoms with Crippen LogP contribution in [0.2, 0.25) is 0 Å². The molecule has 0 radical (unpaired) electrons. The van der Waals surface area contributed by atoms with Gasteiger partial charge in [0.05, 0.1) is 12.9 Å². The number of carbonyl (C=O) groups excluding carboxylic acids is 1. The van der Waals surface area contributed by atoms with E-state index >= 15 is 0 Å². The zero-order valence-corrected chi connectivity index (χ0v) is 11.2. The van der Waals surface area contributed by atoms with Crippen molar-refractivity contribution in [2.45, 2.75) is 5.75 Å². The molecule has 0 unspecified atom stereocenters. The van der Waals surface area contributed by atoms with Crippen molar-refractivity contribution in [3.05, 3.63) is 23.8 Å². The van der Waals surface area contributed by atoms with Crippen LogP contribution >= 0.6 is 11.8 Å². The second kappa shape index (κ2) is 6.39. The molecule has 0 fully saturated rings. The molecule has 94 valence electrons. The van der Waals surface area contributed by atoms with Crippen LogP contribution in [0.15, 0.2) is 18.2 Å². The van der Waals surface area contributed by atoms with Gasteiger partial charge < -0.3 is 15.4 Å². The van der Waals surface area contributed by atoms with Gasteiger partial charge in [0.25, 0.3) is 0 Å². The van der Waals surface area contributed by atoms with Gasteiger partial charge in [0.1, 0.15) is 5.75 Å². The van der Waals surface area contributed by atoms with Crippen molar-refractivity contribution in [1.82, 2.24) is 4.90 Å². The van der Waals surface area contributed by atoms with Crippen molar-refractivity contribution in [3.8, 4) is 5.75 Å². The summed E-state index contributed by atoms with van der Waals surface area (Å²) in [5.41, 5.74) is 7.41. The van der Waals surface area contributed by atoms with E-state index in [0.29, 0.717) is 11.4 Å². The van der Waals surface area contributed by atoms with Crippen LogP contribution in [0.3, 0.4) is 0 Å². The van der Waals surface area contributed by atoms with Crippen molar-refractivity contribution < 1.29 is 9.53 Å². The molecule has 1 amide bonds. The van der Waals surface area contributed by atoms with Crippen molar-refractivity contribution >= 4 is 23.4 Å². The summed E-state index contributed by atoms with van der Waals surface area (Å²) in [6.45, 7) is 0. The first-order valence-corrected chi connectivity index (χ1v) is 6.40. The van der Waals surface area contributed by atoms with E-state index in [1.807, 2.05) is 12.1 Å². The first kappa shape index (κ1) is 13.7. The molecule has 0 saturated carbocycles. The van der Waals surface area contributed by atoms with E-state index < -0.39 is 0 Å². The number of ether oxygens (including phenoxy) is 1. The summed E-state index contributed by atoms with van der Waals surface area (Å²) in [7, 11) is 5.13. The predicted molar refractivity (Wildman–Crippen MR) is 72.3 cm³/mol. The van der Waals surface area contributed by atoms with Crippen molar-refractivity contribution in [1.29, 1.82) is 0 Å². The highest BCUT2D eigenvalue weighted by atomic mass is 32.2. The number of hydrogen-bond donors (Lipinski definition) is 1. The quantitative estimate of drug-likeness (QED) is 0.811. The van der Waals surface area contributed by atoms with Gasteiger partial charge in [-0.2, -0.15) is 0 Å². The molecule has 0 atom stereocenters. The molecule has 0 aliphatic rings. The molecule has 0 bridgehead atoms. The minimum atomic E-state index is 0.115. The molecule has 4 nitrogen and oxygen atoms in total. The Hall–Kier alpha value is -1.36. The molecular weight excluding hydrogens is 236 g/mol. The number of thioether (sulfide) groups is 1. The van der Waals surface area contributed by atoms with Crippen LogP contribution in [0.5, 0.6) is 5.75 Å². The minimum absolute atomic E-state index is 0.115. The van der Waals surface area contributed by atoms with Crippen molar-refractivity contribution in [3.63, 3.8) is 0 Å². The monoisotopic (exact) mass is 254 g/mol. The fourth-order valence-corrected chi connectivity index (χ4v) is 2.25. The molecule has 1 aromatic rings. The smallest absolute Gasteiger partial charge is 0.232 e. The Bertz CT molecular complexity index is 394. The number of hydrogen-bond acceptors (Lipinski definition) is 4. The van der Waals surface area contributed by atoms with Crippen LogP contribution in [0.1, 0.15) is 5.56 Å².